The van der Waals surface area contributed by atoms with E-state index >= 15 is 0 Å². The molecule has 1 atom stereocenters. The molecule has 2 aromatic rings. The standard InChI is InChI=1S/C18H26N6O2/c1-21(2)9-14-8-19-24-6-5-23(11-16(14)24)18(25)15-10-22(3)20-17(15)13-4-7-26-12-13/h8,10,13H,4-7,9,11-12H2,1-3H3. The Labute approximate surface area is 153 Å². The molecule has 2 aromatic heterocycles. The Bertz CT molecular complexity index is 803. The number of hydrogen-bond donors (Lipinski definition) is 0. The van der Waals surface area contributed by atoms with Crippen molar-refractivity contribution in [1.82, 2.24) is 29.4 Å². The maximum Gasteiger partial charge on any atom is 0.257 e. The van der Waals surface area contributed by atoms with Gasteiger partial charge in [-0.1, -0.05) is 0 Å². The van der Waals surface area contributed by atoms with Gasteiger partial charge in [-0.2, -0.15) is 10.2 Å². The summed E-state index contributed by atoms with van der Waals surface area (Å²) in [5, 5.41) is 9.04. The highest BCUT2D eigenvalue weighted by Gasteiger charge is 2.31. The van der Waals surface area contributed by atoms with Gasteiger partial charge in [-0.3, -0.25) is 14.2 Å². The molecular formula is C18H26N6O2. The zero-order chi connectivity index (χ0) is 18.3. The molecule has 8 nitrogen and oxygen atoms in total. The van der Waals surface area contributed by atoms with Crippen molar-refractivity contribution in [1.29, 1.82) is 0 Å². The Morgan fingerprint density at radius 1 is 1.38 bits per heavy atom. The first kappa shape index (κ1) is 17.2. The number of carbonyl (C=O) groups excluding carboxylic acids is 1. The van der Waals surface area contributed by atoms with Crippen LogP contribution in [0.3, 0.4) is 0 Å². The maximum atomic E-state index is 13.2. The predicted molar refractivity (Wildman–Crippen MR) is 95.7 cm³/mol. The summed E-state index contributed by atoms with van der Waals surface area (Å²) in [7, 11) is 5.96. The van der Waals surface area contributed by atoms with Crippen molar-refractivity contribution in [3.05, 3.63) is 34.9 Å². The van der Waals surface area contributed by atoms with Crippen LogP contribution in [0.5, 0.6) is 0 Å². The first-order valence-electron chi connectivity index (χ1n) is 9.11. The van der Waals surface area contributed by atoms with Crippen molar-refractivity contribution in [2.45, 2.75) is 32.0 Å². The van der Waals surface area contributed by atoms with E-state index in [-0.39, 0.29) is 11.8 Å². The number of nitrogens with zero attached hydrogens (tertiary/aromatic N) is 6. The summed E-state index contributed by atoms with van der Waals surface area (Å²) in [6, 6.07) is 0. The molecule has 0 saturated carbocycles. The van der Waals surface area contributed by atoms with Crippen molar-refractivity contribution in [3.63, 3.8) is 0 Å². The second-order valence-electron chi connectivity index (χ2n) is 7.47. The molecule has 8 heteroatoms. The van der Waals surface area contributed by atoms with E-state index in [2.05, 4.69) is 15.1 Å². The van der Waals surface area contributed by atoms with E-state index in [1.165, 1.54) is 5.56 Å². The van der Waals surface area contributed by atoms with Gasteiger partial charge in [-0.15, -0.1) is 0 Å². The van der Waals surface area contributed by atoms with Gasteiger partial charge >= 0.3 is 0 Å². The summed E-state index contributed by atoms with van der Waals surface area (Å²) in [6.07, 6.45) is 4.70. The molecule has 2 aliphatic rings. The first-order valence-corrected chi connectivity index (χ1v) is 9.11. The Hall–Kier alpha value is -2.19. The molecule has 0 N–H and O–H groups in total. The van der Waals surface area contributed by atoms with Crippen LogP contribution in [-0.2, 0) is 31.4 Å². The fraction of sp³-hybridized carbons (Fsp3) is 0.611. The minimum absolute atomic E-state index is 0.0586. The van der Waals surface area contributed by atoms with Gasteiger partial charge in [0.15, 0.2) is 0 Å². The number of aromatic nitrogens is 4. The van der Waals surface area contributed by atoms with Gasteiger partial charge in [0, 0.05) is 44.4 Å². The summed E-state index contributed by atoms with van der Waals surface area (Å²) in [5.41, 5.74) is 3.91. The molecule has 0 bridgehead atoms. The molecule has 26 heavy (non-hydrogen) atoms. The van der Waals surface area contributed by atoms with Crippen LogP contribution in [0.4, 0.5) is 0 Å². The highest BCUT2D eigenvalue weighted by atomic mass is 16.5. The van der Waals surface area contributed by atoms with Gasteiger partial charge in [0.1, 0.15) is 0 Å². The predicted octanol–water partition coefficient (Wildman–Crippen LogP) is 0.838. The van der Waals surface area contributed by atoms with Gasteiger partial charge < -0.3 is 14.5 Å². The fourth-order valence-electron chi connectivity index (χ4n) is 3.84. The van der Waals surface area contributed by atoms with Crippen LogP contribution in [0.15, 0.2) is 12.4 Å². The SMILES string of the molecule is CN(C)Cc1cnn2c1CN(C(=O)c1cn(C)nc1C1CCOC1)CC2. The first-order chi connectivity index (χ1) is 12.5. The van der Waals surface area contributed by atoms with Gasteiger partial charge in [-0.05, 0) is 20.5 Å². The van der Waals surface area contributed by atoms with E-state index in [4.69, 9.17) is 4.74 Å². The second kappa shape index (κ2) is 6.85. The lowest BCUT2D eigenvalue weighted by atomic mass is 10.0. The lowest BCUT2D eigenvalue weighted by Gasteiger charge is -2.29. The molecule has 2 aliphatic heterocycles. The normalized spacial score (nSPS) is 20.0. The largest absolute Gasteiger partial charge is 0.381 e. The van der Waals surface area contributed by atoms with Gasteiger partial charge in [0.05, 0.1) is 42.8 Å². The van der Waals surface area contributed by atoms with E-state index in [1.54, 1.807) is 4.68 Å². The maximum absolute atomic E-state index is 13.2. The number of rotatable bonds is 4. The number of carbonyl (C=O) groups is 1. The molecule has 1 unspecified atom stereocenters. The molecule has 1 saturated heterocycles. The Kier molecular flexibility index (Phi) is 4.54. The molecular weight excluding hydrogens is 332 g/mol. The number of fused-ring (bicyclic) bond motifs is 1. The summed E-state index contributed by atoms with van der Waals surface area (Å²) in [6.45, 7) is 4.22. The lowest BCUT2D eigenvalue weighted by Crippen LogP contribution is -2.39. The van der Waals surface area contributed by atoms with Crippen LogP contribution < -0.4 is 0 Å². The van der Waals surface area contributed by atoms with Crippen molar-refractivity contribution in [3.8, 4) is 0 Å². The van der Waals surface area contributed by atoms with Gasteiger partial charge in [0.2, 0.25) is 0 Å². The van der Waals surface area contributed by atoms with Crippen molar-refractivity contribution in [2.24, 2.45) is 7.05 Å². The minimum atomic E-state index is 0.0586. The minimum Gasteiger partial charge on any atom is -0.381 e. The third kappa shape index (κ3) is 3.14. The zero-order valence-corrected chi connectivity index (χ0v) is 15.7. The molecule has 1 fully saturated rings. The average molecular weight is 358 g/mol. The van der Waals surface area contributed by atoms with Crippen molar-refractivity contribution < 1.29 is 9.53 Å². The van der Waals surface area contributed by atoms with E-state index in [9.17, 15) is 4.79 Å². The Balaban J connectivity index is 1.58. The van der Waals surface area contributed by atoms with Crippen LogP contribution in [-0.4, -0.2) is 69.1 Å². The second-order valence-corrected chi connectivity index (χ2v) is 7.47. The molecule has 0 radical (unpaired) electrons. The van der Waals surface area contributed by atoms with Crippen molar-refractivity contribution >= 4 is 5.91 Å². The van der Waals surface area contributed by atoms with Gasteiger partial charge in [0.25, 0.3) is 5.91 Å². The molecule has 4 rings (SSSR count). The van der Waals surface area contributed by atoms with Crippen LogP contribution in [0.25, 0.3) is 0 Å². The van der Waals surface area contributed by atoms with Gasteiger partial charge in [-0.25, -0.2) is 0 Å². The third-order valence-corrected chi connectivity index (χ3v) is 5.14. The number of aryl methyl sites for hydroxylation is 1. The quantitative estimate of drug-likeness (QED) is 0.810. The highest BCUT2D eigenvalue weighted by Crippen LogP contribution is 2.28. The highest BCUT2D eigenvalue weighted by molar-refractivity contribution is 5.95. The van der Waals surface area contributed by atoms with Crippen LogP contribution in [0.2, 0.25) is 0 Å². The average Bonchev–Trinajstić information content (AvgIpc) is 3.33. The summed E-state index contributed by atoms with van der Waals surface area (Å²) < 4.78 is 9.27. The third-order valence-electron chi connectivity index (χ3n) is 5.14. The van der Waals surface area contributed by atoms with Crippen LogP contribution in [0.1, 0.15) is 39.6 Å². The Morgan fingerprint density at radius 3 is 2.96 bits per heavy atom. The van der Waals surface area contributed by atoms with E-state index in [0.717, 1.165) is 37.5 Å². The van der Waals surface area contributed by atoms with Crippen LogP contribution >= 0.6 is 0 Å². The monoisotopic (exact) mass is 358 g/mol. The van der Waals surface area contributed by atoms with Crippen LogP contribution in [0, 0.1) is 0 Å². The molecule has 4 heterocycles. The lowest BCUT2D eigenvalue weighted by molar-refractivity contribution is 0.0703. The number of ether oxygens (including phenoxy) is 1. The summed E-state index contributed by atoms with van der Waals surface area (Å²) >= 11 is 0. The Morgan fingerprint density at radius 2 is 2.23 bits per heavy atom. The molecule has 1 amide bonds. The van der Waals surface area contributed by atoms with Crippen molar-refractivity contribution in [2.75, 3.05) is 33.9 Å². The smallest absolute Gasteiger partial charge is 0.257 e. The number of amides is 1. The summed E-state index contributed by atoms with van der Waals surface area (Å²) in [5.74, 6) is 0.276. The topological polar surface area (TPSA) is 68.4 Å². The molecule has 140 valence electrons. The van der Waals surface area contributed by atoms with E-state index in [0.29, 0.717) is 25.3 Å². The zero-order valence-electron chi connectivity index (χ0n) is 15.7. The van der Waals surface area contributed by atoms with E-state index in [1.807, 2.05) is 43.1 Å². The molecule has 0 spiro atoms. The molecule has 0 aromatic carbocycles. The van der Waals surface area contributed by atoms with E-state index < -0.39 is 0 Å². The summed E-state index contributed by atoms with van der Waals surface area (Å²) in [4.78, 5) is 17.3. The molecule has 0 aliphatic carbocycles. The fourth-order valence-corrected chi connectivity index (χ4v) is 3.84. The number of hydrogen-bond acceptors (Lipinski definition) is 5.